The highest BCUT2D eigenvalue weighted by atomic mass is 14.0. The van der Waals surface area contributed by atoms with Gasteiger partial charge in [0.2, 0.25) is 0 Å². The van der Waals surface area contributed by atoms with E-state index in [0.29, 0.717) is 0 Å². The zero-order chi connectivity index (χ0) is 12.1. The summed E-state index contributed by atoms with van der Waals surface area (Å²) in [7, 11) is 0. The van der Waals surface area contributed by atoms with E-state index < -0.39 is 0 Å². The Kier molecular flexibility index (Phi) is 3.77. The van der Waals surface area contributed by atoms with E-state index in [-0.39, 0.29) is 0 Å². The van der Waals surface area contributed by atoms with Gasteiger partial charge < -0.3 is 0 Å². The molecule has 0 aliphatic carbocycles. The molecule has 0 aliphatic rings. The van der Waals surface area contributed by atoms with E-state index in [2.05, 4.69) is 74.5 Å². The summed E-state index contributed by atoms with van der Waals surface area (Å²) in [6, 6.07) is 17.5. The predicted molar refractivity (Wildman–Crippen MR) is 75.1 cm³/mol. The highest BCUT2D eigenvalue weighted by molar-refractivity contribution is 5.63. The molecule has 2 aromatic carbocycles. The fourth-order valence-corrected chi connectivity index (χ4v) is 1.83. The summed E-state index contributed by atoms with van der Waals surface area (Å²) in [6.45, 7) is 4.17. The first kappa shape index (κ1) is 11.7. The molecule has 0 aliphatic heterocycles. The van der Waals surface area contributed by atoms with Crippen molar-refractivity contribution in [3.63, 3.8) is 0 Å². The Labute approximate surface area is 104 Å². The third-order valence-corrected chi connectivity index (χ3v) is 2.93. The van der Waals surface area contributed by atoms with Gasteiger partial charge in [-0.25, -0.2) is 0 Å². The summed E-state index contributed by atoms with van der Waals surface area (Å²) in [5.41, 5.74) is 5.24. The van der Waals surface area contributed by atoms with Crippen LogP contribution < -0.4 is 0 Å². The first-order valence-electron chi connectivity index (χ1n) is 6.07. The van der Waals surface area contributed by atoms with E-state index in [1.807, 2.05) is 0 Å². The summed E-state index contributed by atoms with van der Waals surface area (Å²) < 4.78 is 0. The fraction of sp³-hybridized carbons (Fsp3) is 0.176. The Balaban J connectivity index is 2.20. The summed E-state index contributed by atoms with van der Waals surface area (Å²) in [6.07, 6.45) is 5.29. The van der Waals surface area contributed by atoms with Gasteiger partial charge in [0.15, 0.2) is 0 Å². The second-order valence-corrected chi connectivity index (χ2v) is 4.34. The minimum absolute atomic E-state index is 1.02. The van der Waals surface area contributed by atoms with Crippen molar-refractivity contribution in [1.29, 1.82) is 0 Å². The zero-order valence-electron chi connectivity index (χ0n) is 10.5. The Morgan fingerprint density at radius 1 is 0.824 bits per heavy atom. The van der Waals surface area contributed by atoms with Crippen LogP contribution in [-0.4, -0.2) is 0 Å². The molecule has 0 heteroatoms. The molecule has 0 amide bonds. The van der Waals surface area contributed by atoms with Crippen LogP contribution in [-0.2, 0) is 6.42 Å². The molecule has 2 rings (SSSR count). The number of hydrogen-bond donors (Lipinski definition) is 0. The lowest BCUT2D eigenvalue weighted by Crippen LogP contribution is -1.82. The third kappa shape index (κ3) is 3.07. The average Bonchev–Trinajstić information content (AvgIpc) is 2.38. The van der Waals surface area contributed by atoms with Crippen LogP contribution in [0.15, 0.2) is 60.7 Å². The third-order valence-electron chi connectivity index (χ3n) is 2.93. The van der Waals surface area contributed by atoms with Crippen molar-refractivity contribution in [2.45, 2.75) is 20.3 Å². The first-order chi connectivity index (χ1) is 8.29. The summed E-state index contributed by atoms with van der Waals surface area (Å²) in [4.78, 5) is 0. The van der Waals surface area contributed by atoms with Crippen molar-refractivity contribution in [3.05, 3.63) is 71.8 Å². The van der Waals surface area contributed by atoms with Gasteiger partial charge in [0.1, 0.15) is 0 Å². The Morgan fingerprint density at radius 3 is 1.88 bits per heavy atom. The van der Waals surface area contributed by atoms with Crippen molar-refractivity contribution < 1.29 is 0 Å². The summed E-state index contributed by atoms with van der Waals surface area (Å²) >= 11 is 0. The van der Waals surface area contributed by atoms with E-state index in [1.54, 1.807) is 0 Å². The molecule has 0 nitrogen and oxygen atoms in total. The van der Waals surface area contributed by atoms with Crippen LogP contribution >= 0.6 is 0 Å². The monoisotopic (exact) mass is 222 g/mol. The highest BCUT2D eigenvalue weighted by Crippen LogP contribution is 2.20. The number of rotatable bonds is 3. The van der Waals surface area contributed by atoms with Crippen molar-refractivity contribution in [2.75, 3.05) is 0 Å². The predicted octanol–water partition coefficient (Wildman–Crippen LogP) is 4.78. The summed E-state index contributed by atoms with van der Waals surface area (Å²) in [5, 5.41) is 0. The fourth-order valence-electron chi connectivity index (χ4n) is 1.83. The second kappa shape index (κ2) is 5.49. The number of allylic oxidation sites excluding steroid dienone is 2. The first-order valence-corrected chi connectivity index (χ1v) is 6.07. The van der Waals surface area contributed by atoms with Gasteiger partial charge in [-0.05, 0) is 37.0 Å². The average molecular weight is 222 g/mol. The van der Waals surface area contributed by atoms with Crippen LogP contribution in [0.5, 0.6) is 0 Å². The van der Waals surface area contributed by atoms with Crippen molar-refractivity contribution >= 4 is 0 Å². The molecule has 0 saturated heterocycles. The summed E-state index contributed by atoms with van der Waals surface area (Å²) in [5.74, 6) is 0. The Bertz CT molecular complexity index is 487. The van der Waals surface area contributed by atoms with E-state index in [0.717, 1.165) is 6.42 Å². The van der Waals surface area contributed by atoms with Crippen LogP contribution in [0.4, 0.5) is 0 Å². The molecule has 0 radical (unpaired) electrons. The molecule has 0 atom stereocenters. The molecule has 86 valence electrons. The lowest BCUT2D eigenvalue weighted by atomic mass is 10.0. The van der Waals surface area contributed by atoms with Gasteiger partial charge in [0.25, 0.3) is 0 Å². The van der Waals surface area contributed by atoms with Crippen molar-refractivity contribution in [2.24, 2.45) is 0 Å². The molecule has 0 spiro atoms. The van der Waals surface area contributed by atoms with Gasteiger partial charge in [-0.15, -0.1) is 0 Å². The van der Waals surface area contributed by atoms with Gasteiger partial charge in [-0.2, -0.15) is 0 Å². The lowest BCUT2D eigenvalue weighted by molar-refractivity contribution is 1.26. The van der Waals surface area contributed by atoms with Crippen LogP contribution in [0.1, 0.15) is 18.1 Å². The maximum atomic E-state index is 2.20. The SMILES string of the molecule is C/C=C\Cc1ccc(-c2ccc(C)cc2)cc1. The minimum atomic E-state index is 1.02. The molecular weight excluding hydrogens is 204 g/mol. The van der Waals surface area contributed by atoms with E-state index in [4.69, 9.17) is 0 Å². The maximum Gasteiger partial charge on any atom is -0.00976 e. The molecule has 0 unspecified atom stereocenters. The molecule has 2 aromatic rings. The molecule has 0 heterocycles. The highest BCUT2D eigenvalue weighted by Gasteiger charge is 1.97. The molecule has 0 N–H and O–H groups in total. The van der Waals surface area contributed by atoms with Crippen LogP contribution in [0.3, 0.4) is 0 Å². The topological polar surface area (TPSA) is 0 Å². The van der Waals surface area contributed by atoms with Gasteiger partial charge in [-0.3, -0.25) is 0 Å². The number of hydrogen-bond acceptors (Lipinski definition) is 0. The Hall–Kier alpha value is -1.82. The van der Waals surface area contributed by atoms with Crippen molar-refractivity contribution in [3.8, 4) is 11.1 Å². The second-order valence-electron chi connectivity index (χ2n) is 4.34. The van der Waals surface area contributed by atoms with E-state index >= 15 is 0 Å². The molecule has 0 fully saturated rings. The van der Waals surface area contributed by atoms with Crippen molar-refractivity contribution in [1.82, 2.24) is 0 Å². The van der Waals surface area contributed by atoms with Crippen LogP contribution in [0, 0.1) is 6.92 Å². The molecule has 0 saturated carbocycles. The zero-order valence-corrected chi connectivity index (χ0v) is 10.5. The van der Waals surface area contributed by atoms with Gasteiger partial charge >= 0.3 is 0 Å². The van der Waals surface area contributed by atoms with Crippen LogP contribution in [0.2, 0.25) is 0 Å². The van der Waals surface area contributed by atoms with Gasteiger partial charge in [0.05, 0.1) is 0 Å². The maximum absolute atomic E-state index is 2.20. The van der Waals surface area contributed by atoms with Gasteiger partial charge in [0, 0.05) is 0 Å². The van der Waals surface area contributed by atoms with E-state index in [1.165, 1.54) is 22.3 Å². The molecule has 17 heavy (non-hydrogen) atoms. The number of benzene rings is 2. The van der Waals surface area contributed by atoms with Crippen LogP contribution in [0.25, 0.3) is 11.1 Å². The Morgan fingerprint density at radius 2 is 1.35 bits per heavy atom. The molecular formula is C17H18. The molecule has 0 bridgehead atoms. The number of aryl methyl sites for hydroxylation is 1. The molecule has 0 aromatic heterocycles. The quantitative estimate of drug-likeness (QED) is 0.655. The minimum Gasteiger partial charge on any atom is -0.0913 e. The standard InChI is InChI=1S/C17H18/c1-3-4-5-15-8-12-17(13-9-15)16-10-6-14(2)7-11-16/h3-4,6-13H,5H2,1-2H3/b4-3-. The van der Waals surface area contributed by atoms with E-state index in [9.17, 15) is 0 Å². The normalized spacial score (nSPS) is 10.9. The largest absolute Gasteiger partial charge is 0.0913 e. The smallest absolute Gasteiger partial charge is 0.00976 e. The lowest BCUT2D eigenvalue weighted by Gasteiger charge is -2.03. The van der Waals surface area contributed by atoms with Gasteiger partial charge in [-0.1, -0.05) is 66.2 Å².